The molecule has 0 radical (unpaired) electrons. The van der Waals surface area contributed by atoms with Crippen LogP contribution in [0.4, 0.5) is 16.2 Å². The third kappa shape index (κ3) is 4.50. The highest BCUT2D eigenvalue weighted by Gasteiger charge is 2.33. The molecule has 2 aromatic carbocycles. The molecule has 1 atom stereocenters. The average molecular weight is 409 g/mol. The van der Waals surface area contributed by atoms with Crippen LogP contribution in [0.1, 0.15) is 12.8 Å². The largest absolute Gasteiger partial charge is 0.506 e. The Balaban J connectivity index is 1.31. The van der Waals surface area contributed by atoms with Crippen molar-refractivity contribution in [2.45, 2.75) is 12.8 Å². The third-order valence-electron chi connectivity index (χ3n) is 5.90. The molecule has 2 N–H and O–H groups in total. The summed E-state index contributed by atoms with van der Waals surface area (Å²) in [5.41, 5.74) is 1.57. The SMILES string of the molecule is O=C(Nc1ccccc1)N1CCCC(C(=O)N2CCN(c3ccccc3O)CC2)C1. The van der Waals surface area contributed by atoms with Crippen LogP contribution in [0, 0.1) is 5.92 Å². The molecule has 30 heavy (non-hydrogen) atoms. The minimum absolute atomic E-state index is 0.129. The van der Waals surface area contributed by atoms with Gasteiger partial charge in [-0.1, -0.05) is 30.3 Å². The van der Waals surface area contributed by atoms with Gasteiger partial charge in [-0.3, -0.25) is 4.79 Å². The summed E-state index contributed by atoms with van der Waals surface area (Å²) in [6, 6.07) is 16.5. The van der Waals surface area contributed by atoms with E-state index in [1.54, 1.807) is 17.0 Å². The molecule has 7 nitrogen and oxygen atoms in total. The quantitative estimate of drug-likeness (QED) is 0.819. The molecule has 158 valence electrons. The zero-order valence-corrected chi connectivity index (χ0v) is 17.0. The van der Waals surface area contributed by atoms with Gasteiger partial charge in [-0.25, -0.2) is 4.79 Å². The molecule has 2 aliphatic rings. The van der Waals surface area contributed by atoms with E-state index in [2.05, 4.69) is 10.2 Å². The number of hydrogen-bond acceptors (Lipinski definition) is 4. The van der Waals surface area contributed by atoms with Crippen LogP contribution < -0.4 is 10.2 Å². The fraction of sp³-hybridized carbons (Fsp3) is 0.391. The highest BCUT2D eigenvalue weighted by atomic mass is 16.3. The van der Waals surface area contributed by atoms with Crippen molar-refractivity contribution in [3.63, 3.8) is 0 Å². The Morgan fingerprint density at radius 2 is 1.57 bits per heavy atom. The first-order chi connectivity index (χ1) is 14.6. The zero-order valence-electron chi connectivity index (χ0n) is 17.0. The predicted molar refractivity (Wildman–Crippen MR) is 117 cm³/mol. The second-order valence-corrected chi connectivity index (χ2v) is 7.88. The minimum Gasteiger partial charge on any atom is -0.506 e. The summed E-state index contributed by atoms with van der Waals surface area (Å²) in [5, 5.41) is 13.0. The molecule has 2 aliphatic heterocycles. The number of piperazine rings is 1. The second-order valence-electron chi connectivity index (χ2n) is 7.88. The van der Waals surface area contributed by atoms with E-state index in [-0.39, 0.29) is 23.6 Å². The summed E-state index contributed by atoms with van der Waals surface area (Å²) in [4.78, 5) is 31.5. The first kappa shape index (κ1) is 20.1. The van der Waals surface area contributed by atoms with Crippen molar-refractivity contribution in [1.82, 2.24) is 9.80 Å². The molecule has 4 rings (SSSR count). The number of phenolic OH excluding ortho intramolecular Hbond substituents is 1. The molecular weight excluding hydrogens is 380 g/mol. The van der Waals surface area contributed by atoms with Crippen molar-refractivity contribution in [2.24, 2.45) is 5.92 Å². The molecule has 7 heteroatoms. The van der Waals surface area contributed by atoms with Gasteiger partial charge in [-0.15, -0.1) is 0 Å². The van der Waals surface area contributed by atoms with Crippen molar-refractivity contribution in [3.05, 3.63) is 54.6 Å². The van der Waals surface area contributed by atoms with Crippen molar-refractivity contribution >= 4 is 23.3 Å². The Morgan fingerprint density at radius 3 is 2.30 bits per heavy atom. The number of phenols is 1. The number of likely N-dealkylation sites (tertiary alicyclic amines) is 1. The molecule has 2 fully saturated rings. The van der Waals surface area contributed by atoms with Gasteiger partial charge in [0.1, 0.15) is 5.75 Å². The van der Waals surface area contributed by atoms with Crippen molar-refractivity contribution in [2.75, 3.05) is 49.5 Å². The van der Waals surface area contributed by atoms with Crippen LogP contribution in [0.2, 0.25) is 0 Å². The number of nitrogens with one attached hydrogen (secondary N) is 1. The average Bonchev–Trinajstić information content (AvgIpc) is 2.80. The van der Waals surface area contributed by atoms with Crippen LogP contribution in [0.3, 0.4) is 0 Å². The molecule has 0 spiro atoms. The smallest absolute Gasteiger partial charge is 0.321 e. The maximum Gasteiger partial charge on any atom is 0.321 e. The van der Waals surface area contributed by atoms with Gasteiger partial charge in [0.25, 0.3) is 0 Å². The number of rotatable bonds is 3. The van der Waals surface area contributed by atoms with Gasteiger partial charge in [0.15, 0.2) is 0 Å². The van der Waals surface area contributed by atoms with Gasteiger partial charge in [0, 0.05) is 45.0 Å². The number of amides is 3. The number of hydrogen-bond donors (Lipinski definition) is 2. The highest BCUT2D eigenvalue weighted by Crippen LogP contribution is 2.28. The number of benzene rings is 2. The number of urea groups is 1. The van der Waals surface area contributed by atoms with Crippen LogP contribution in [0.25, 0.3) is 0 Å². The van der Waals surface area contributed by atoms with Crippen molar-refractivity contribution < 1.29 is 14.7 Å². The van der Waals surface area contributed by atoms with Gasteiger partial charge < -0.3 is 25.1 Å². The van der Waals surface area contributed by atoms with Gasteiger partial charge in [-0.05, 0) is 37.1 Å². The Hall–Kier alpha value is -3.22. The van der Waals surface area contributed by atoms with Crippen LogP contribution in [-0.4, -0.2) is 66.1 Å². The predicted octanol–water partition coefficient (Wildman–Crippen LogP) is 2.98. The molecule has 2 heterocycles. The van der Waals surface area contributed by atoms with Crippen LogP contribution >= 0.6 is 0 Å². The highest BCUT2D eigenvalue weighted by molar-refractivity contribution is 5.90. The van der Waals surface area contributed by atoms with Crippen LogP contribution in [0.15, 0.2) is 54.6 Å². The number of para-hydroxylation sites is 3. The molecule has 0 aliphatic carbocycles. The summed E-state index contributed by atoms with van der Waals surface area (Å²) in [7, 11) is 0. The molecule has 0 aromatic heterocycles. The van der Waals surface area contributed by atoms with E-state index in [0.29, 0.717) is 39.3 Å². The Morgan fingerprint density at radius 1 is 0.867 bits per heavy atom. The summed E-state index contributed by atoms with van der Waals surface area (Å²) in [6.07, 6.45) is 1.64. The van der Waals surface area contributed by atoms with Crippen molar-refractivity contribution in [1.29, 1.82) is 0 Å². The number of nitrogens with zero attached hydrogens (tertiary/aromatic N) is 3. The molecule has 2 saturated heterocycles. The zero-order chi connectivity index (χ0) is 20.9. The number of aromatic hydroxyl groups is 1. The summed E-state index contributed by atoms with van der Waals surface area (Å²) in [5.74, 6) is 0.241. The normalized spacial score (nSPS) is 19.5. The minimum atomic E-state index is -0.156. The van der Waals surface area contributed by atoms with Gasteiger partial charge in [0.2, 0.25) is 5.91 Å². The van der Waals surface area contributed by atoms with Crippen LogP contribution in [-0.2, 0) is 4.79 Å². The maximum absolute atomic E-state index is 13.1. The first-order valence-corrected chi connectivity index (χ1v) is 10.5. The first-order valence-electron chi connectivity index (χ1n) is 10.5. The van der Waals surface area contributed by atoms with E-state index in [0.717, 1.165) is 24.2 Å². The van der Waals surface area contributed by atoms with E-state index in [1.165, 1.54) is 0 Å². The summed E-state index contributed by atoms with van der Waals surface area (Å²) in [6.45, 7) is 3.75. The Bertz CT molecular complexity index is 881. The standard InChI is InChI=1S/C23H28N4O3/c28-21-11-5-4-10-20(21)25-13-15-26(16-14-25)22(29)18-7-6-12-27(17-18)23(30)24-19-8-2-1-3-9-19/h1-5,8-11,18,28H,6-7,12-17H2,(H,24,30). The van der Waals surface area contributed by atoms with E-state index in [4.69, 9.17) is 0 Å². The molecule has 0 saturated carbocycles. The van der Waals surface area contributed by atoms with Gasteiger partial charge >= 0.3 is 6.03 Å². The summed E-state index contributed by atoms with van der Waals surface area (Å²) >= 11 is 0. The molecule has 1 unspecified atom stereocenters. The molecular formula is C23H28N4O3. The number of piperidine rings is 1. The lowest BCUT2D eigenvalue weighted by atomic mass is 9.96. The van der Waals surface area contributed by atoms with E-state index in [9.17, 15) is 14.7 Å². The lowest BCUT2D eigenvalue weighted by Gasteiger charge is -2.39. The monoisotopic (exact) mass is 408 g/mol. The lowest BCUT2D eigenvalue weighted by Crippen LogP contribution is -2.53. The van der Waals surface area contributed by atoms with Gasteiger partial charge in [0.05, 0.1) is 11.6 Å². The fourth-order valence-electron chi connectivity index (χ4n) is 4.24. The van der Waals surface area contributed by atoms with E-state index < -0.39 is 0 Å². The fourth-order valence-corrected chi connectivity index (χ4v) is 4.24. The topological polar surface area (TPSA) is 76.1 Å². The van der Waals surface area contributed by atoms with Gasteiger partial charge in [-0.2, -0.15) is 0 Å². The Labute approximate surface area is 176 Å². The number of carbonyl (C=O) groups is 2. The molecule has 3 amide bonds. The van der Waals surface area contributed by atoms with Crippen molar-refractivity contribution in [3.8, 4) is 5.75 Å². The van der Waals surface area contributed by atoms with E-state index in [1.807, 2.05) is 47.4 Å². The number of carbonyl (C=O) groups excluding carboxylic acids is 2. The molecule has 2 aromatic rings. The summed E-state index contributed by atoms with van der Waals surface area (Å²) < 4.78 is 0. The lowest BCUT2D eigenvalue weighted by molar-refractivity contribution is -0.137. The van der Waals surface area contributed by atoms with E-state index >= 15 is 0 Å². The molecule has 0 bridgehead atoms. The van der Waals surface area contributed by atoms with Crippen LogP contribution in [0.5, 0.6) is 5.75 Å². The maximum atomic E-state index is 13.1. The second kappa shape index (κ2) is 9.07. The number of anilines is 2. The third-order valence-corrected chi connectivity index (χ3v) is 5.90. The Kier molecular flexibility index (Phi) is 6.07.